The SMILES string of the molecule is CCCCOc1ccc(NC(=O)C(=O)NC2CCC(C(C)(C)CC)CC2)cc1. The van der Waals surface area contributed by atoms with Crippen molar-refractivity contribution in [3.63, 3.8) is 0 Å². The van der Waals surface area contributed by atoms with Crippen LogP contribution in [0.25, 0.3) is 0 Å². The maximum atomic E-state index is 12.2. The van der Waals surface area contributed by atoms with E-state index < -0.39 is 11.8 Å². The summed E-state index contributed by atoms with van der Waals surface area (Å²) < 4.78 is 5.60. The standard InChI is InChI=1S/C23H36N2O3/c1-5-7-16-28-20-14-12-19(13-15-20)25-22(27)21(26)24-18-10-8-17(9-11-18)23(3,4)6-2/h12-15,17-18H,5-11,16H2,1-4H3,(H,24,26)(H,25,27). The summed E-state index contributed by atoms with van der Waals surface area (Å²) in [5, 5.41) is 5.56. The normalized spacial score (nSPS) is 19.7. The van der Waals surface area contributed by atoms with Crippen molar-refractivity contribution in [3.8, 4) is 5.75 Å². The zero-order chi connectivity index (χ0) is 20.6. The Morgan fingerprint density at radius 1 is 1.04 bits per heavy atom. The largest absolute Gasteiger partial charge is 0.494 e. The van der Waals surface area contributed by atoms with E-state index in [4.69, 9.17) is 4.74 Å². The minimum atomic E-state index is -0.615. The molecule has 0 heterocycles. The summed E-state index contributed by atoms with van der Waals surface area (Å²) in [7, 11) is 0. The van der Waals surface area contributed by atoms with Gasteiger partial charge in [0.05, 0.1) is 6.61 Å². The maximum absolute atomic E-state index is 12.2. The van der Waals surface area contributed by atoms with Crippen LogP contribution in [-0.4, -0.2) is 24.5 Å². The van der Waals surface area contributed by atoms with Crippen LogP contribution in [0.15, 0.2) is 24.3 Å². The van der Waals surface area contributed by atoms with E-state index in [0.29, 0.717) is 23.6 Å². The molecule has 5 heteroatoms. The monoisotopic (exact) mass is 388 g/mol. The molecule has 0 saturated heterocycles. The predicted molar refractivity (Wildman–Crippen MR) is 113 cm³/mol. The Balaban J connectivity index is 1.76. The van der Waals surface area contributed by atoms with Crippen molar-refractivity contribution in [3.05, 3.63) is 24.3 Å². The van der Waals surface area contributed by atoms with Gasteiger partial charge in [-0.05, 0) is 67.7 Å². The summed E-state index contributed by atoms with van der Waals surface area (Å²) in [6.45, 7) is 9.68. The number of carbonyl (C=O) groups is 2. The lowest BCUT2D eigenvalue weighted by molar-refractivity contribution is -0.136. The average Bonchev–Trinajstić information content (AvgIpc) is 2.70. The molecule has 1 aliphatic carbocycles. The molecule has 0 atom stereocenters. The van der Waals surface area contributed by atoms with Gasteiger partial charge in [0, 0.05) is 11.7 Å². The molecule has 2 rings (SSSR count). The summed E-state index contributed by atoms with van der Waals surface area (Å²) in [6, 6.07) is 7.21. The number of ether oxygens (including phenoxy) is 1. The second kappa shape index (κ2) is 10.5. The molecule has 1 saturated carbocycles. The first-order valence-electron chi connectivity index (χ1n) is 10.7. The summed E-state index contributed by atoms with van der Waals surface area (Å²) in [5.74, 6) is 0.289. The quantitative estimate of drug-likeness (QED) is 0.491. The molecule has 1 aliphatic rings. The van der Waals surface area contributed by atoms with Gasteiger partial charge in [-0.15, -0.1) is 0 Å². The second-order valence-electron chi connectivity index (χ2n) is 8.54. The molecule has 0 unspecified atom stereocenters. The smallest absolute Gasteiger partial charge is 0.313 e. The van der Waals surface area contributed by atoms with Gasteiger partial charge in [0.1, 0.15) is 5.75 Å². The Morgan fingerprint density at radius 2 is 1.68 bits per heavy atom. The Bertz CT molecular complexity index is 632. The summed E-state index contributed by atoms with van der Waals surface area (Å²) in [6.07, 6.45) is 7.35. The fourth-order valence-corrected chi connectivity index (χ4v) is 3.72. The highest BCUT2D eigenvalue weighted by Gasteiger charge is 2.32. The van der Waals surface area contributed by atoms with Gasteiger partial charge in [-0.3, -0.25) is 9.59 Å². The number of rotatable bonds is 8. The predicted octanol–water partition coefficient (Wildman–Crippen LogP) is 4.92. The Morgan fingerprint density at radius 3 is 2.25 bits per heavy atom. The second-order valence-corrected chi connectivity index (χ2v) is 8.54. The van der Waals surface area contributed by atoms with Crippen molar-refractivity contribution in [2.24, 2.45) is 11.3 Å². The third kappa shape index (κ3) is 6.54. The highest BCUT2D eigenvalue weighted by molar-refractivity contribution is 6.39. The van der Waals surface area contributed by atoms with Crippen LogP contribution in [0, 0.1) is 11.3 Å². The van der Waals surface area contributed by atoms with Crippen LogP contribution in [0.5, 0.6) is 5.75 Å². The van der Waals surface area contributed by atoms with Crippen LogP contribution in [0.1, 0.15) is 72.6 Å². The minimum Gasteiger partial charge on any atom is -0.494 e. The zero-order valence-corrected chi connectivity index (χ0v) is 17.8. The molecule has 0 aromatic heterocycles. The van der Waals surface area contributed by atoms with Crippen LogP contribution >= 0.6 is 0 Å². The van der Waals surface area contributed by atoms with Crippen LogP contribution < -0.4 is 15.4 Å². The first-order valence-corrected chi connectivity index (χ1v) is 10.7. The van der Waals surface area contributed by atoms with Crippen LogP contribution in [0.3, 0.4) is 0 Å². The molecule has 156 valence electrons. The lowest BCUT2D eigenvalue weighted by atomic mass is 9.69. The van der Waals surface area contributed by atoms with Gasteiger partial charge in [-0.25, -0.2) is 0 Å². The highest BCUT2D eigenvalue weighted by Crippen LogP contribution is 2.40. The van der Waals surface area contributed by atoms with Crippen LogP contribution in [-0.2, 0) is 9.59 Å². The molecule has 0 spiro atoms. The van der Waals surface area contributed by atoms with Gasteiger partial charge in [0.25, 0.3) is 0 Å². The molecule has 1 aromatic carbocycles. The molecule has 0 aliphatic heterocycles. The van der Waals surface area contributed by atoms with Gasteiger partial charge >= 0.3 is 11.8 Å². The van der Waals surface area contributed by atoms with Crippen molar-refractivity contribution < 1.29 is 14.3 Å². The number of hydrogen-bond donors (Lipinski definition) is 2. The van der Waals surface area contributed by atoms with Crippen molar-refractivity contribution in [1.29, 1.82) is 0 Å². The third-order valence-corrected chi connectivity index (χ3v) is 6.16. The van der Waals surface area contributed by atoms with Crippen molar-refractivity contribution in [2.45, 2.75) is 78.7 Å². The lowest BCUT2D eigenvalue weighted by Crippen LogP contribution is -2.44. The van der Waals surface area contributed by atoms with E-state index in [1.54, 1.807) is 24.3 Å². The van der Waals surface area contributed by atoms with E-state index in [0.717, 1.165) is 44.3 Å². The summed E-state index contributed by atoms with van der Waals surface area (Å²) in [5.41, 5.74) is 0.940. The molecule has 2 amide bonds. The molecular weight excluding hydrogens is 352 g/mol. The summed E-state index contributed by atoms with van der Waals surface area (Å²) >= 11 is 0. The van der Waals surface area contributed by atoms with Gasteiger partial charge < -0.3 is 15.4 Å². The number of anilines is 1. The van der Waals surface area contributed by atoms with E-state index >= 15 is 0 Å². The maximum Gasteiger partial charge on any atom is 0.313 e. The number of unbranched alkanes of at least 4 members (excludes halogenated alkanes) is 1. The highest BCUT2D eigenvalue weighted by atomic mass is 16.5. The van der Waals surface area contributed by atoms with Gasteiger partial charge in [0.15, 0.2) is 0 Å². The molecular formula is C23H36N2O3. The Labute approximate surface area is 169 Å². The fraction of sp³-hybridized carbons (Fsp3) is 0.652. The third-order valence-electron chi connectivity index (χ3n) is 6.16. The number of hydrogen-bond acceptors (Lipinski definition) is 3. The van der Waals surface area contributed by atoms with E-state index in [-0.39, 0.29) is 6.04 Å². The number of nitrogens with one attached hydrogen (secondary N) is 2. The van der Waals surface area contributed by atoms with Gasteiger partial charge in [-0.2, -0.15) is 0 Å². The van der Waals surface area contributed by atoms with Crippen molar-refractivity contribution >= 4 is 17.5 Å². The number of benzene rings is 1. The van der Waals surface area contributed by atoms with Gasteiger partial charge in [-0.1, -0.05) is 40.5 Å². The minimum absolute atomic E-state index is 0.0940. The summed E-state index contributed by atoms with van der Waals surface area (Å²) in [4.78, 5) is 24.4. The average molecular weight is 389 g/mol. The van der Waals surface area contributed by atoms with Crippen molar-refractivity contribution in [2.75, 3.05) is 11.9 Å². The molecule has 1 aromatic rings. The topological polar surface area (TPSA) is 67.4 Å². The van der Waals surface area contributed by atoms with E-state index in [1.807, 2.05) is 0 Å². The molecule has 1 fully saturated rings. The fourth-order valence-electron chi connectivity index (χ4n) is 3.72. The van der Waals surface area contributed by atoms with Crippen LogP contribution in [0.4, 0.5) is 5.69 Å². The first-order chi connectivity index (χ1) is 13.4. The molecule has 2 N–H and O–H groups in total. The molecule has 5 nitrogen and oxygen atoms in total. The lowest BCUT2D eigenvalue weighted by Gasteiger charge is -2.39. The number of carbonyl (C=O) groups excluding carboxylic acids is 2. The molecule has 0 bridgehead atoms. The first kappa shape index (κ1) is 22.3. The van der Waals surface area contributed by atoms with E-state index in [2.05, 4.69) is 38.3 Å². The van der Waals surface area contributed by atoms with E-state index in [1.165, 1.54) is 6.42 Å². The molecule has 0 radical (unpaired) electrons. The van der Waals surface area contributed by atoms with Gasteiger partial charge in [0.2, 0.25) is 0 Å². The number of amides is 2. The van der Waals surface area contributed by atoms with E-state index in [9.17, 15) is 9.59 Å². The molecule has 28 heavy (non-hydrogen) atoms. The Hall–Kier alpha value is -2.04. The van der Waals surface area contributed by atoms with Crippen molar-refractivity contribution in [1.82, 2.24) is 5.32 Å². The zero-order valence-electron chi connectivity index (χ0n) is 17.8. The van der Waals surface area contributed by atoms with Crippen LogP contribution in [0.2, 0.25) is 0 Å². The Kier molecular flexibility index (Phi) is 8.34.